The van der Waals surface area contributed by atoms with E-state index in [9.17, 15) is 15.0 Å². The SMILES string of the molecule is CC(CO)(CO)NC(=O)c1ccnc(OC2CCSC2)c1. The summed E-state index contributed by atoms with van der Waals surface area (Å²) in [6, 6.07) is 3.15. The van der Waals surface area contributed by atoms with E-state index in [1.807, 2.05) is 11.8 Å². The number of hydrogen-bond acceptors (Lipinski definition) is 6. The van der Waals surface area contributed by atoms with Crippen molar-refractivity contribution in [2.45, 2.75) is 25.0 Å². The fraction of sp³-hybridized carbons (Fsp3) is 0.571. The molecule has 3 N–H and O–H groups in total. The van der Waals surface area contributed by atoms with Crippen LogP contribution in [0.25, 0.3) is 0 Å². The normalized spacial score (nSPS) is 18.5. The van der Waals surface area contributed by atoms with Crippen LogP contribution >= 0.6 is 11.8 Å². The fourth-order valence-corrected chi connectivity index (χ4v) is 2.96. The summed E-state index contributed by atoms with van der Waals surface area (Å²) >= 11 is 1.84. The third-order valence-electron chi connectivity index (χ3n) is 3.29. The van der Waals surface area contributed by atoms with Crippen LogP contribution in [0.3, 0.4) is 0 Å². The van der Waals surface area contributed by atoms with Crippen molar-refractivity contribution in [3.05, 3.63) is 23.9 Å². The number of aliphatic hydroxyl groups is 2. The first-order valence-electron chi connectivity index (χ1n) is 6.81. The average molecular weight is 312 g/mol. The highest BCUT2D eigenvalue weighted by molar-refractivity contribution is 7.99. The molecule has 2 rings (SSSR count). The first-order valence-corrected chi connectivity index (χ1v) is 7.96. The predicted molar refractivity (Wildman–Crippen MR) is 80.6 cm³/mol. The maximum Gasteiger partial charge on any atom is 0.252 e. The molecule has 21 heavy (non-hydrogen) atoms. The summed E-state index contributed by atoms with van der Waals surface area (Å²) in [5.41, 5.74) is -0.664. The van der Waals surface area contributed by atoms with Crippen LogP contribution in [0.5, 0.6) is 5.88 Å². The van der Waals surface area contributed by atoms with Crippen LogP contribution in [-0.4, -0.2) is 57.5 Å². The summed E-state index contributed by atoms with van der Waals surface area (Å²) < 4.78 is 5.74. The molecule has 1 aromatic heterocycles. The number of thioether (sulfide) groups is 1. The number of nitrogens with one attached hydrogen (secondary N) is 1. The first kappa shape index (κ1) is 16.1. The molecule has 0 aliphatic carbocycles. The minimum atomic E-state index is -1.05. The second-order valence-electron chi connectivity index (χ2n) is 5.32. The van der Waals surface area contributed by atoms with Crippen molar-refractivity contribution in [3.8, 4) is 5.88 Å². The molecule has 0 aromatic carbocycles. The highest BCUT2D eigenvalue weighted by Gasteiger charge is 2.25. The van der Waals surface area contributed by atoms with Crippen LogP contribution in [0.15, 0.2) is 18.3 Å². The number of aromatic nitrogens is 1. The molecule has 1 unspecified atom stereocenters. The molecule has 1 atom stereocenters. The molecule has 1 fully saturated rings. The smallest absolute Gasteiger partial charge is 0.252 e. The molecular formula is C14H20N2O4S. The zero-order valence-corrected chi connectivity index (χ0v) is 12.7. The van der Waals surface area contributed by atoms with Crippen molar-refractivity contribution in [1.29, 1.82) is 0 Å². The van der Waals surface area contributed by atoms with E-state index in [-0.39, 0.29) is 25.2 Å². The van der Waals surface area contributed by atoms with Gasteiger partial charge < -0.3 is 20.3 Å². The highest BCUT2D eigenvalue weighted by atomic mass is 32.2. The van der Waals surface area contributed by atoms with Gasteiger partial charge in [-0.2, -0.15) is 11.8 Å². The standard InChI is InChI=1S/C14H20N2O4S/c1-14(8-17,9-18)16-13(19)10-2-4-15-12(6-10)20-11-3-5-21-7-11/h2,4,6,11,17-18H,3,5,7-9H2,1H3,(H,16,19). The number of amides is 1. The quantitative estimate of drug-likeness (QED) is 0.706. The molecule has 7 heteroatoms. The summed E-state index contributed by atoms with van der Waals surface area (Å²) in [6.07, 6.45) is 2.64. The van der Waals surface area contributed by atoms with Crippen LogP contribution in [-0.2, 0) is 0 Å². The fourth-order valence-electron chi connectivity index (χ4n) is 1.87. The summed E-state index contributed by atoms with van der Waals surface area (Å²) in [5.74, 6) is 2.06. The number of hydrogen-bond donors (Lipinski definition) is 3. The lowest BCUT2D eigenvalue weighted by atomic mass is 10.0. The molecule has 0 bridgehead atoms. The molecule has 0 spiro atoms. The van der Waals surface area contributed by atoms with Gasteiger partial charge in [-0.25, -0.2) is 4.98 Å². The number of ether oxygens (including phenoxy) is 1. The van der Waals surface area contributed by atoms with E-state index in [2.05, 4.69) is 10.3 Å². The number of rotatable bonds is 6. The lowest BCUT2D eigenvalue weighted by molar-refractivity contribution is 0.0723. The van der Waals surface area contributed by atoms with Gasteiger partial charge in [0, 0.05) is 23.6 Å². The van der Waals surface area contributed by atoms with Crippen molar-refractivity contribution in [3.63, 3.8) is 0 Å². The van der Waals surface area contributed by atoms with Gasteiger partial charge in [0.1, 0.15) is 6.10 Å². The number of carbonyl (C=O) groups is 1. The van der Waals surface area contributed by atoms with Gasteiger partial charge in [0.15, 0.2) is 0 Å². The van der Waals surface area contributed by atoms with Crippen molar-refractivity contribution in [2.24, 2.45) is 0 Å². The molecule has 1 aliphatic heterocycles. The van der Waals surface area contributed by atoms with Crippen LogP contribution < -0.4 is 10.1 Å². The maximum atomic E-state index is 12.1. The minimum Gasteiger partial charge on any atom is -0.473 e. The monoisotopic (exact) mass is 312 g/mol. The Bertz CT molecular complexity index is 488. The van der Waals surface area contributed by atoms with Gasteiger partial charge in [0.2, 0.25) is 5.88 Å². The Balaban J connectivity index is 2.04. The number of nitrogens with zero attached hydrogens (tertiary/aromatic N) is 1. The molecule has 0 radical (unpaired) electrons. The third kappa shape index (κ3) is 4.33. The topological polar surface area (TPSA) is 91.7 Å². The highest BCUT2D eigenvalue weighted by Crippen LogP contribution is 2.22. The van der Waals surface area contributed by atoms with Gasteiger partial charge in [-0.3, -0.25) is 4.79 Å². The molecule has 1 aromatic rings. The largest absolute Gasteiger partial charge is 0.473 e. The van der Waals surface area contributed by atoms with Gasteiger partial charge >= 0.3 is 0 Å². The Morgan fingerprint density at radius 1 is 1.57 bits per heavy atom. The van der Waals surface area contributed by atoms with Gasteiger partial charge in [0.25, 0.3) is 5.91 Å². The van der Waals surface area contributed by atoms with E-state index in [1.165, 1.54) is 6.20 Å². The Hall–Kier alpha value is -1.31. The average Bonchev–Trinajstić information content (AvgIpc) is 3.00. The maximum absolute atomic E-state index is 12.1. The van der Waals surface area contributed by atoms with E-state index < -0.39 is 5.54 Å². The van der Waals surface area contributed by atoms with E-state index >= 15 is 0 Å². The second kappa shape index (κ2) is 7.11. The number of carbonyl (C=O) groups excluding carboxylic acids is 1. The van der Waals surface area contributed by atoms with E-state index in [0.717, 1.165) is 17.9 Å². The van der Waals surface area contributed by atoms with Gasteiger partial charge in [0.05, 0.1) is 18.8 Å². The van der Waals surface area contributed by atoms with E-state index in [0.29, 0.717) is 11.4 Å². The van der Waals surface area contributed by atoms with Crippen LogP contribution in [0.2, 0.25) is 0 Å². The molecular weight excluding hydrogens is 292 g/mol. The lowest BCUT2D eigenvalue weighted by Crippen LogP contribution is -2.51. The van der Waals surface area contributed by atoms with Crippen molar-refractivity contribution in [2.75, 3.05) is 24.7 Å². The molecule has 116 valence electrons. The molecule has 0 saturated carbocycles. The van der Waals surface area contributed by atoms with Crippen LogP contribution in [0, 0.1) is 0 Å². The van der Waals surface area contributed by atoms with Gasteiger partial charge in [-0.1, -0.05) is 0 Å². The lowest BCUT2D eigenvalue weighted by Gasteiger charge is -2.26. The zero-order chi connectivity index (χ0) is 15.3. The Labute approximate surface area is 127 Å². The molecule has 1 saturated heterocycles. The zero-order valence-electron chi connectivity index (χ0n) is 11.9. The van der Waals surface area contributed by atoms with E-state index in [1.54, 1.807) is 19.1 Å². The van der Waals surface area contributed by atoms with Crippen molar-refractivity contribution in [1.82, 2.24) is 10.3 Å². The van der Waals surface area contributed by atoms with Crippen molar-refractivity contribution >= 4 is 17.7 Å². The Kier molecular flexibility index (Phi) is 5.44. The van der Waals surface area contributed by atoms with E-state index in [4.69, 9.17) is 4.74 Å². The predicted octanol–water partition coefficient (Wildman–Crippen LogP) is 0.439. The first-order chi connectivity index (χ1) is 10.1. The Morgan fingerprint density at radius 2 is 2.33 bits per heavy atom. The summed E-state index contributed by atoms with van der Waals surface area (Å²) in [6.45, 7) is 0.880. The van der Waals surface area contributed by atoms with Crippen molar-refractivity contribution < 1.29 is 19.7 Å². The van der Waals surface area contributed by atoms with Crippen LogP contribution in [0.1, 0.15) is 23.7 Å². The summed E-state index contributed by atoms with van der Waals surface area (Å²) in [4.78, 5) is 16.3. The number of pyridine rings is 1. The molecule has 6 nitrogen and oxygen atoms in total. The molecule has 2 heterocycles. The third-order valence-corrected chi connectivity index (χ3v) is 4.42. The Morgan fingerprint density at radius 3 is 2.95 bits per heavy atom. The summed E-state index contributed by atoms with van der Waals surface area (Å²) in [5, 5.41) is 21.0. The second-order valence-corrected chi connectivity index (χ2v) is 6.47. The molecule has 1 amide bonds. The van der Waals surface area contributed by atoms with Crippen LogP contribution in [0.4, 0.5) is 0 Å². The summed E-state index contributed by atoms with van der Waals surface area (Å²) in [7, 11) is 0. The molecule has 1 aliphatic rings. The van der Waals surface area contributed by atoms with Gasteiger partial charge in [-0.15, -0.1) is 0 Å². The van der Waals surface area contributed by atoms with Gasteiger partial charge in [-0.05, 0) is 25.2 Å². The number of aliphatic hydroxyl groups excluding tert-OH is 2. The minimum absolute atomic E-state index is 0.140.